The highest BCUT2D eigenvalue weighted by Gasteiger charge is 2.03. The van der Waals surface area contributed by atoms with Gasteiger partial charge in [0, 0.05) is 18.6 Å². The van der Waals surface area contributed by atoms with Gasteiger partial charge in [-0.1, -0.05) is 6.07 Å². The van der Waals surface area contributed by atoms with Crippen LogP contribution in [0.15, 0.2) is 54.1 Å². The van der Waals surface area contributed by atoms with E-state index in [1.807, 2.05) is 24.4 Å². The summed E-state index contributed by atoms with van der Waals surface area (Å²) in [5.74, 6) is 0. The lowest BCUT2D eigenvalue weighted by Crippen LogP contribution is -2.21. The first-order valence-electron chi connectivity index (χ1n) is 5.25. The van der Waals surface area contributed by atoms with E-state index in [-0.39, 0.29) is 5.56 Å². The summed E-state index contributed by atoms with van der Waals surface area (Å²) in [5.41, 5.74) is 1.37. The minimum atomic E-state index is -0.0596. The molecule has 84 valence electrons. The summed E-state index contributed by atoms with van der Waals surface area (Å²) in [6, 6.07) is 5.66. The van der Waals surface area contributed by atoms with Gasteiger partial charge in [-0.2, -0.15) is 0 Å². The molecule has 0 N–H and O–H groups in total. The largest absolute Gasteiger partial charge is 0.306 e. The van der Waals surface area contributed by atoms with Gasteiger partial charge in [-0.05, 0) is 12.1 Å². The van der Waals surface area contributed by atoms with Crippen LogP contribution < -0.4 is 5.56 Å². The molecule has 5 nitrogen and oxygen atoms in total. The normalized spacial score (nSPS) is 10.8. The minimum Gasteiger partial charge on any atom is -0.306 e. The van der Waals surface area contributed by atoms with Crippen molar-refractivity contribution >= 4 is 5.52 Å². The van der Waals surface area contributed by atoms with E-state index in [9.17, 15) is 4.79 Å². The molecular weight excluding hydrogens is 216 g/mol. The molecule has 0 aliphatic heterocycles. The Morgan fingerprint density at radius 3 is 3.00 bits per heavy atom. The second kappa shape index (κ2) is 3.86. The van der Waals surface area contributed by atoms with Gasteiger partial charge in [-0.25, -0.2) is 4.98 Å². The van der Waals surface area contributed by atoms with Crippen LogP contribution in [-0.4, -0.2) is 18.9 Å². The highest BCUT2D eigenvalue weighted by atomic mass is 16.1. The molecule has 0 bridgehead atoms. The van der Waals surface area contributed by atoms with Gasteiger partial charge < -0.3 is 8.97 Å². The Morgan fingerprint density at radius 2 is 2.18 bits per heavy atom. The first-order valence-corrected chi connectivity index (χ1v) is 5.25. The molecule has 0 spiro atoms. The summed E-state index contributed by atoms with van der Waals surface area (Å²) < 4.78 is 3.33. The summed E-state index contributed by atoms with van der Waals surface area (Å²) in [4.78, 5) is 20.2. The van der Waals surface area contributed by atoms with Gasteiger partial charge >= 0.3 is 0 Å². The van der Waals surface area contributed by atoms with E-state index in [0.717, 1.165) is 5.69 Å². The maximum absolute atomic E-state index is 12.1. The van der Waals surface area contributed by atoms with Crippen LogP contribution in [0.4, 0.5) is 0 Å². The Bertz CT molecular complexity index is 699. The van der Waals surface area contributed by atoms with Crippen molar-refractivity contribution in [1.82, 2.24) is 18.9 Å². The third kappa shape index (κ3) is 1.71. The number of hydrogen-bond acceptors (Lipinski definition) is 3. The van der Waals surface area contributed by atoms with Gasteiger partial charge in [-0.15, -0.1) is 0 Å². The molecule has 0 aliphatic rings. The third-order valence-electron chi connectivity index (χ3n) is 2.61. The van der Waals surface area contributed by atoms with Crippen LogP contribution in [0.2, 0.25) is 0 Å². The Kier molecular flexibility index (Phi) is 2.22. The lowest BCUT2D eigenvalue weighted by atomic mass is 10.3. The number of imidazole rings is 1. The fourth-order valence-electron chi connectivity index (χ4n) is 1.75. The zero-order valence-electron chi connectivity index (χ0n) is 9.02. The van der Waals surface area contributed by atoms with Crippen LogP contribution >= 0.6 is 0 Å². The summed E-state index contributed by atoms with van der Waals surface area (Å²) in [7, 11) is 0. The van der Waals surface area contributed by atoms with Gasteiger partial charge in [-0.3, -0.25) is 9.78 Å². The van der Waals surface area contributed by atoms with Crippen LogP contribution in [0.3, 0.4) is 0 Å². The molecule has 5 heteroatoms. The minimum absolute atomic E-state index is 0.0596. The average Bonchev–Trinajstić information content (AvgIpc) is 2.83. The first-order chi connectivity index (χ1) is 8.34. The predicted molar refractivity (Wildman–Crippen MR) is 62.8 cm³/mol. The fourth-order valence-corrected chi connectivity index (χ4v) is 1.75. The molecule has 0 saturated carbocycles. The zero-order valence-corrected chi connectivity index (χ0v) is 9.02. The number of fused-ring (bicyclic) bond motifs is 1. The lowest BCUT2D eigenvalue weighted by molar-refractivity contribution is 0.734. The molecule has 0 saturated heterocycles. The van der Waals surface area contributed by atoms with Gasteiger partial charge in [0.15, 0.2) is 0 Å². The fraction of sp³-hybridized carbons (Fsp3) is 0.0833. The molecule has 17 heavy (non-hydrogen) atoms. The third-order valence-corrected chi connectivity index (χ3v) is 2.61. The molecule has 3 aromatic rings. The predicted octanol–water partition coefficient (Wildman–Crippen LogP) is 0.939. The standard InChI is InChI=1S/C12H10N4O/c17-12-11-7-13-9-16(11)6-5-15(12)8-10-3-1-2-4-14-10/h1-7,9H,8H2. The summed E-state index contributed by atoms with van der Waals surface area (Å²) in [5, 5.41) is 0. The highest BCUT2D eigenvalue weighted by molar-refractivity contribution is 5.41. The topological polar surface area (TPSA) is 52.2 Å². The maximum Gasteiger partial charge on any atom is 0.276 e. The molecule has 0 atom stereocenters. The van der Waals surface area contributed by atoms with Crippen molar-refractivity contribution in [2.45, 2.75) is 6.54 Å². The van der Waals surface area contributed by atoms with Crippen LogP contribution in [0, 0.1) is 0 Å². The summed E-state index contributed by atoms with van der Waals surface area (Å²) in [6.07, 6.45) is 8.45. The van der Waals surface area contributed by atoms with Gasteiger partial charge in [0.05, 0.1) is 24.8 Å². The Morgan fingerprint density at radius 1 is 1.24 bits per heavy atom. The molecule has 0 fully saturated rings. The Hall–Kier alpha value is -2.43. The van der Waals surface area contributed by atoms with Crippen LogP contribution in [-0.2, 0) is 6.54 Å². The van der Waals surface area contributed by atoms with E-state index in [0.29, 0.717) is 12.1 Å². The van der Waals surface area contributed by atoms with Crippen molar-refractivity contribution in [3.05, 3.63) is 65.4 Å². The maximum atomic E-state index is 12.1. The number of rotatable bonds is 2. The molecular formula is C12H10N4O. The average molecular weight is 226 g/mol. The number of nitrogens with zero attached hydrogens (tertiary/aromatic N) is 4. The quantitative estimate of drug-likeness (QED) is 0.653. The van der Waals surface area contributed by atoms with Crippen molar-refractivity contribution in [2.24, 2.45) is 0 Å². The monoisotopic (exact) mass is 226 g/mol. The van der Waals surface area contributed by atoms with E-state index in [4.69, 9.17) is 0 Å². The van der Waals surface area contributed by atoms with Gasteiger partial charge in [0.1, 0.15) is 5.52 Å². The zero-order chi connectivity index (χ0) is 11.7. The first kappa shape index (κ1) is 9.77. The molecule has 3 heterocycles. The smallest absolute Gasteiger partial charge is 0.276 e. The van der Waals surface area contributed by atoms with Crippen LogP contribution in [0.1, 0.15) is 5.69 Å². The molecule has 0 aliphatic carbocycles. The molecule has 3 aromatic heterocycles. The van der Waals surface area contributed by atoms with Crippen molar-refractivity contribution in [3.8, 4) is 0 Å². The van der Waals surface area contributed by atoms with E-state index in [2.05, 4.69) is 9.97 Å². The van der Waals surface area contributed by atoms with Crippen molar-refractivity contribution in [2.75, 3.05) is 0 Å². The lowest BCUT2D eigenvalue weighted by Gasteiger charge is -2.05. The van der Waals surface area contributed by atoms with E-state index in [1.165, 1.54) is 0 Å². The van der Waals surface area contributed by atoms with Crippen molar-refractivity contribution < 1.29 is 0 Å². The van der Waals surface area contributed by atoms with E-state index in [1.54, 1.807) is 33.9 Å². The Labute approximate surface area is 97.0 Å². The summed E-state index contributed by atoms with van der Waals surface area (Å²) in [6.45, 7) is 0.474. The molecule has 3 rings (SSSR count). The number of aromatic nitrogens is 4. The molecule has 0 aromatic carbocycles. The second-order valence-electron chi connectivity index (χ2n) is 3.74. The number of hydrogen-bond donors (Lipinski definition) is 0. The van der Waals surface area contributed by atoms with E-state index < -0.39 is 0 Å². The Balaban J connectivity index is 2.07. The molecule has 0 amide bonds. The summed E-state index contributed by atoms with van der Waals surface area (Å²) >= 11 is 0. The number of pyridine rings is 1. The van der Waals surface area contributed by atoms with Crippen molar-refractivity contribution in [1.29, 1.82) is 0 Å². The van der Waals surface area contributed by atoms with Crippen LogP contribution in [0.5, 0.6) is 0 Å². The van der Waals surface area contributed by atoms with Gasteiger partial charge in [0.25, 0.3) is 5.56 Å². The molecule has 0 unspecified atom stereocenters. The van der Waals surface area contributed by atoms with Crippen molar-refractivity contribution in [3.63, 3.8) is 0 Å². The second-order valence-corrected chi connectivity index (χ2v) is 3.74. The SMILES string of the molecule is O=c1c2cncn2ccn1Cc1ccccn1. The van der Waals surface area contributed by atoms with Gasteiger partial charge in [0.2, 0.25) is 0 Å². The molecule has 0 radical (unpaired) electrons. The highest BCUT2D eigenvalue weighted by Crippen LogP contribution is 1.99. The van der Waals surface area contributed by atoms with E-state index >= 15 is 0 Å². The van der Waals surface area contributed by atoms with Crippen LogP contribution in [0.25, 0.3) is 5.52 Å².